The molecule has 2 aromatic rings. The fraction of sp³-hybridized carbons (Fsp3) is 0.350. The van der Waals surface area contributed by atoms with Gasteiger partial charge in [-0.1, -0.05) is 55.3 Å². The van der Waals surface area contributed by atoms with Gasteiger partial charge in [0.05, 0.1) is 5.56 Å². The van der Waals surface area contributed by atoms with Crippen LogP contribution in [0.25, 0.3) is 0 Å². The van der Waals surface area contributed by atoms with Crippen molar-refractivity contribution in [2.24, 2.45) is 0 Å². The van der Waals surface area contributed by atoms with Crippen LogP contribution in [-0.2, 0) is 6.54 Å². The largest absolute Gasteiger partial charge is 0.478 e. The standard InChI is InChI=1S/C20H23NO2/c22-20(23)17-12-10-15(11-13-17)14-21-19-9-5-4-8-18(19)16-6-2-1-3-7-16/h1-3,6-7,10-13,18-19,21H,4-5,8-9,14H2,(H,22,23). The van der Waals surface area contributed by atoms with E-state index < -0.39 is 5.97 Å². The molecular formula is C20H23NO2. The zero-order valence-electron chi connectivity index (χ0n) is 13.2. The predicted octanol–water partition coefficient (Wildman–Crippen LogP) is 4.20. The molecule has 0 bridgehead atoms. The first-order chi connectivity index (χ1) is 11.2. The number of hydrogen-bond acceptors (Lipinski definition) is 2. The summed E-state index contributed by atoms with van der Waals surface area (Å²) in [5, 5.41) is 12.6. The fourth-order valence-corrected chi connectivity index (χ4v) is 3.49. The van der Waals surface area contributed by atoms with E-state index in [0.717, 1.165) is 12.1 Å². The Kier molecular flexibility index (Phi) is 5.09. The molecular weight excluding hydrogens is 286 g/mol. The number of benzene rings is 2. The summed E-state index contributed by atoms with van der Waals surface area (Å²) in [5.74, 6) is -0.302. The van der Waals surface area contributed by atoms with Gasteiger partial charge in [0.15, 0.2) is 0 Å². The molecule has 1 fully saturated rings. The molecule has 0 aliphatic heterocycles. The van der Waals surface area contributed by atoms with Crippen LogP contribution in [0, 0.1) is 0 Å². The van der Waals surface area contributed by atoms with E-state index in [4.69, 9.17) is 5.11 Å². The lowest BCUT2D eigenvalue weighted by Crippen LogP contribution is -2.36. The van der Waals surface area contributed by atoms with Crippen molar-refractivity contribution >= 4 is 5.97 Å². The lowest BCUT2D eigenvalue weighted by atomic mass is 9.80. The highest BCUT2D eigenvalue weighted by atomic mass is 16.4. The van der Waals surface area contributed by atoms with Crippen LogP contribution in [0.4, 0.5) is 0 Å². The lowest BCUT2D eigenvalue weighted by molar-refractivity contribution is 0.0697. The van der Waals surface area contributed by atoms with E-state index in [1.165, 1.54) is 31.2 Å². The number of carbonyl (C=O) groups is 1. The summed E-state index contributed by atoms with van der Waals surface area (Å²) >= 11 is 0. The molecule has 23 heavy (non-hydrogen) atoms. The summed E-state index contributed by atoms with van der Waals surface area (Å²) in [6, 6.07) is 18.4. The van der Waals surface area contributed by atoms with Gasteiger partial charge < -0.3 is 10.4 Å². The first kappa shape index (κ1) is 15.8. The third-order valence-electron chi connectivity index (χ3n) is 4.76. The van der Waals surface area contributed by atoms with E-state index in [9.17, 15) is 4.79 Å². The molecule has 2 aromatic carbocycles. The second-order valence-electron chi connectivity index (χ2n) is 6.29. The van der Waals surface area contributed by atoms with Gasteiger partial charge in [-0.05, 0) is 42.0 Å². The zero-order chi connectivity index (χ0) is 16.1. The van der Waals surface area contributed by atoms with Crippen LogP contribution in [0.3, 0.4) is 0 Å². The van der Waals surface area contributed by atoms with E-state index in [1.807, 2.05) is 12.1 Å². The van der Waals surface area contributed by atoms with Crippen LogP contribution in [0.15, 0.2) is 54.6 Å². The topological polar surface area (TPSA) is 49.3 Å². The predicted molar refractivity (Wildman–Crippen MR) is 91.7 cm³/mol. The molecule has 1 saturated carbocycles. The zero-order valence-corrected chi connectivity index (χ0v) is 13.2. The average Bonchev–Trinajstić information content (AvgIpc) is 2.61. The Labute approximate surface area is 137 Å². The van der Waals surface area contributed by atoms with Crippen LogP contribution in [-0.4, -0.2) is 17.1 Å². The maximum Gasteiger partial charge on any atom is 0.335 e. The number of hydrogen-bond donors (Lipinski definition) is 2. The highest BCUT2D eigenvalue weighted by Crippen LogP contribution is 2.33. The maximum atomic E-state index is 10.9. The van der Waals surface area contributed by atoms with Crippen molar-refractivity contribution < 1.29 is 9.90 Å². The molecule has 2 atom stereocenters. The van der Waals surface area contributed by atoms with E-state index in [1.54, 1.807) is 12.1 Å². The molecule has 120 valence electrons. The van der Waals surface area contributed by atoms with Gasteiger partial charge in [0.25, 0.3) is 0 Å². The second-order valence-corrected chi connectivity index (χ2v) is 6.29. The van der Waals surface area contributed by atoms with Gasteiger partial charge in [0.2, 0.25) is 0 Å². The Morgan fingerprint density at radius 1 is 1.00 bits per heavy atom. The van der Waals surface area contributed by atoms with Gasteiger partial charge >= 0.3 is 5.97 Å². The van der Waals surface area contributed by atoms with Gasteiger partial charge in [-0.2, -0.15) is 0 Å². The molecule has 2 unspecified atom stereocenters. The minimum Gasteiger partial charge on any atom is -0.478 e. The van der Waals surface area contributed by atoms with Crippen LogP contribution in [0.5, 0.6) is 0 Å². The first-order valence-corrected chi connectivity index (χ1v) is 8.34. The van der Waals surface area contributed by atoms with Gasteiger partial charge in [0, 0.05) is 12.6 Å². The maximum absolute atomic E-state index is 10.9. The Bertz CT molecular complexity index is 636. The quantitative estimate of drug-likeness (QED) is 0.870. The molecule has 3 heteroatoms. The van der Waals surface area contributed by atoms with Crippen molar-refractivity contribution in [2.75, 3.05) is 0 Å². The van der Waals surface area contributed by atoms with Gasteiger partial charge in [-0.15, -0.1) is 0 Å². The number of nitrogens with one attached hydrogen (secondary N) is 1. The number of rotatable bonds is 5. The molecule has 3 rings (SSSR count). The van der Waals surface area contributed by atoms with Crippen molar-refractivity contribution in [3.05, 3.63) is 71.3 Å². The third kappa shape index (κ3) is 3.99. The molecule has 1 aliphatic carbocycles. The Hall–Kier alpha value is -2.13. The molecule has 0 amide bonds. The van der Waals surface area contributed by atoms with Crippen molar-refractivity contribution in [3.63, 3.8) is 0 Å². The van der Waals surface area contributed by atoms with Gasteiger partial charge in [-0.3, -0.25) is 0 Å². The van der Waals surface area contributed by atoms with Gasteiger partial charge in [0.1, 0.15) is 0 Å². The molecule has 0 aromatic heterocycles. The summed E-state index contributed by atoms with van der Waals surface area (Å²) in [4.78, 5) is 10.9. The van der Waals surface area contributed by atoms with Gasteiger partial charge in [-0.25, -0.2) is 4.79 Å². The molecule has 1 aliphatic rings. The van der Waals surface area contributed by atoms with Crippen LogP contribution < -0.4 is 5.32 Å². The molecule has 3 nitrogen and oxygen atoms in total. The fourth-order valence-electron chi connectivity index (χ4n) is 3.49. The number of aromatic carboxylic acids is 1. The minimum atomic E-state index is -0.874. The van der Waals surface area contributed by atoms with Crippen LogP contribution in [0.1, 0.15) is 53.1 Å². The van der Waals surface area contributed by atoms with Crippen molar-refractivity contribution in [2.45, 2.75) is 44.2 Å². The third-order valence-corrected chi connectivity index (χ3v) is 4.76. The smallest absolute Gasteiger partial charge is 0.335 e. The molecule has 0 radical (unpaired) electrons. The van der Waals surface area contributed by atoms with Crippen LogP contribution in [0.2, 0.25) is 0 Å². The van der Waals surface area contributed by atoms with E-state index in [2.05, 4.69) is 35.6 Å². The number of carboxylic acids is 1. The molecule has 0 saturated heterocycles. The minimum absolute atomic E-state index is 0.341. The summed E-state index contributed by atoms with van der Waals surface area (Å²) in [6.07, 6.45) is 5.01. The van der Waals surface area contributed by atoms with Crippen molar-refractivity contribution in [1.29, 1.82) is 0 Å². The average molecular weight is 309 g/mol. The number of carboxylic acid groups (broad SMARTS) is 1. The van der Waals surface area contributed by atoms with E-state index in [-0.39, 0.29) is 0 Å². The highest BCUT2D eigenvalue weighted by Gasteiger charge is 2.25. The summed E-state index contributed by atoms with van der Waals surface area (Å²) < 4.78 is 0. The normalized spacial score (nSPS) is 21.0. The summed E-state index contributed by atoms with van der Waals surface area (Å²) in [6.45, 7) is 0.786. The summed E-state index contributed by atoms with van der Waals surface area (Å²) in [7, 11) is 0. The van der Waals surface area contributed by atoms with Crippen LogP contribution >= 0.6 is 0 Å². The highest BCUT2D eigenvalue weighted by molar-refractivity contribution is 5.87. The Morgan fingerprint density at radius 3 is 2.39 bits per heavy atom. The van der Waals surface area contributed by atoms with Crippen molar-refractivity contribution in [3.8, 4) is 0 Å². The Morgan fingerprint density at radius 2 is 1.70 bits per heavy atom. The van der Waals surface area contributed by atoms with Crippen molar-refractivity contribution in [1.82, 2.24) is 5.32 Å². The summed E-state index contributed by atoms with van der Waals surface area (Å²) in [5.41, 5.74) is 2.90. The SMILES string of the molecule is O=C(O)c1ccc(CNC2CCCCC2c2ccccc2)cc1. The van der Waals surface area contributed by atoms with E-state index >= 15 is 0 Å². The molecule has 2 N–H and O–H groups in total. The lowest BCUT2D eigenvalue weighted by Gasteiger charge is -2.33. The Balaban J connectivity index is 1.64. The second kappa shape index (κ2) is 7.42. The van der Waals surface area contributed by atoms with E-state index in [0.29, 0.717) is 17.5 Å². The molecule has 0 spiro atoms. The first-order valence-electron chi connectivity index (χ1n) is 8.34. The molecule has 0 heterocycles. The monoisotopic (exact) mass is 309 g/mol.